The zero-order valence-electron chi connectivity index (χ0n) is 9.37. The summed E-state index contributed by atoms with van der Waals surface area (Å²) in [6.45, 7) is 0. The van der Waals surface area contributed by atoms with Crippen molar-refractivity contribution < 1.29 is 9.21 Å². The van der Waals surface area contributed by atoms with Crippen LogP contribution in [0.25, 0.3) is 11.1 Å². The summed E-state index contributed by atoms with van der Waals surface area (Å²) in [5.74, 6) is 0. The van der Waals surface area contributed by atoms with Gasteiger partial charge in [0.25, 0.3) is 5.22 Å². The molecule has 0 saturated heterocycles. The molecule has 0 fully saturated rings. The second-order valence-electron chi connectivity index (χ2n) is 3.74. The number of carbonyl (C=O) groups is 1. The van der Waals surface area contributed by atoms with Crippen molar-refractivity contribution in [2.75, 3.05) is 0 Å². The van der Waals surface area contributed by atoms with E-state index in [4.69, 9.17) is 4.42 Å². The number of benzene rings is 2. The van der Waals surface area contributed by atoms with E-state index in [-0.39, 0.29) is 0 Å². The first kappa shape index (κ1) is 11.0. The maximum absolute atomic E-state index is 10.6. The van der Waals surface area contributed by atoms with Gasteiger partial charge >= 0.3 is 0 Å². The Labute approximate surface area is 108 Å². The van der Waals surface area contributed by atoms with Crippen LogP contribution in [-0.2, 0) is 0 Å². The fourth-order valence-corrected chi connectivity index (χ4v) is 2.36. The largest absolute Gasteiger partial charge is 0.431 e. The molecule has 1 heterocycles. The molecule has 2 aromatic carbocycles. The molecule has 0 aliphatic carbocycles. The number of para-hydroxylation sites is 2. The highest BCUT2D eigenvalue weighted by Gasteiger charge is 2.06. The van der Waals surface area contributed by atoms with Crippen LogP contribution in [0, 0.1) is 0 Å². The zero-order chi connectivity index (χ0) is 12.4. The molecule has 0 radical (unpaired) electrons. The summed E-state index contributed by atoms with van der Waals surface area (Å²) in [4.78, 5) is 15.9. The van der Waals surface area contributed by atoms with Crippen LogP contribution in [0.3, 0.4) is 0 Å². The van der Waals surface area contributed by atoms with E-state index >= 15 is 0 Å². The van der Waals surface area contributed by atoms with Crippen LogP contribution in [0.5, 0.6) is 0 Å². The first-order valence-corrected chi connectivity index (χ1v) is 6.25. The fourth-order valence-electron chi connectivity index (χ4n) is 1.61. The number of aromatic nitrogens is 1. The first-order valence-electron chi connectivity index (χ1n) is 5.44. The lowest BCUT2D eigenvalue weighted by Crippen LogP contribution is -1.78. The average Bonchev–Trinajstić information content (AvgIpc) is 2.82. The smallest absolute Gasteiger partial charge is 0.261 e. The Hall–Kier alpha value is -2.07. The highest BCUT2D eigenvalue weighted by molar-refractivity contribution is 7.99. The minimum absolute atomic E-state index is 0.607. The minimum Gasteiger partial charge on any atom is -0.431 e. The van der Waals surface area contributed by atoms with E-state index < -0.39 is 0 Å². The van der Waals surface area contributed by atoms with Gasteiger partial charge in [0.2, 0.25) is 0 Å². The van der Waals surface area contributed by atoms with Crippen molar-refractivity contribution in [3.8, 4) is 0 Å². The van der Waals surface area contributed by atoms with Crippen LogP contribution >= 0.6 is 11.8 Å². The monoisotopic (exact) mass is 255 g/mol. The molecule has 0 aliphatic rings. The van der Waals surface area contributed by atoms with Crippen LogP contribution in [0.15, 0.2) is 63.1 Å². The third-order valence-corrected chi connectivity index (χ3v) is 3.35. The highest BCUT2D eigenvalue weighted by atomic mass is 32.2. The standard InChI is InChI=1S/C14H9NO2S/c16-9-10-5-7-11(8-6-10)18-14-15-12-3-1-2-4-13(12)17-14/h1-9H. The lowest BCUT2D eigenvalue weighted by Gasteiger charge is -1.96. The molecular formula is C14H9NO2S. The third kappa shape index (κ3) is 2.15. The summed E-state index contributed by atoms with van der Waals surface area (Å²) < 4.78 is 5.61. The second kappa shape index (κ2) is 4.66. The predicted octanol–water partition coefficient (Wildman–Crippen LogP) is 3.79. The summed E-state index contributed by atoms with van der Waals surface area (Å²) in [5.41, 5.74) is 2.30. The van der Waals surface area contributed by atoms with E-state index in [2.05, 4.69) is 4.98 Å². The molecule has 0 bridgehead atoms. The van der Waals surface area contributed by atoms with Gasteiger partial charge in [-0.15, -0.1) is 0 Å². The van der Waals surface area contributed by atoms with Gasteiger partial charge in [0, 0.05) is 10.5 Å². The average molecular weight is 255 g/mol. The molecule has 3 rings (SSSR count). The van der Waals surface area contributed by atoms with Gasteiger partial charge in [-0.25, -0.2) is 4.98 Å². The lowest BCUT2D eigenvalue weighted by atomic mass is 10.2. The number of hydrogen-bond acceptors (Lipinski definition) is 4. The molecule has 0 saturated carbocycles. The molecule has 0 spiro atoms. The van der Waals surface area contributed by atoms with Crippen molar-refractivity contribution in [1.82, 2.24) is 4.98 Å². The normalized spacial score (nSPS) is 10.7. The fraction of sp³-hybridized carbons (Fsp3) is 0. The number of carbonyl (C=O) groups excluding carboxylic acids is 1. The van der Waals surface area contributed by atoms with E-state index in [1.54, 1.807) is 12.1 Å². The quantitative estimate of drug-likeness (QED) is 0.668. The van der Waals surface area contributed by atoms with Crippen LogP contribution in [0.4, 0.5) is 0 Å². The van der Waals surface area contributed by atoms with Crippen LogP contribution in [0.1, 0.15) is 10.4 Å². The van der Waals surface area contributed by atoms with Crippen molar-refractivity contribution in [2.45, 2.75) is 10.1 Å². The van der Waals surface area contributed by atoms with E-state index in [0.717, 1.165) is 22.3 Å². The summed E-state index contributed by atoms with van der Waals surface area (Å²) in [6.07, 6.45) is 0.827. The number of hydrogen-bond donors (Lipinski definition) is 0. The highest BCUT2D eigenvalue weighted by Crippen LogP contribution is 2.29. The maximum atomic E-state index is 10.6. The van der Waals surface area contributed by atoms with E-state index in [1.807, 2.05) is 36.4 Å². The van der Waals surface area contributed by atoms with E-state index in [0.29, 0.717) is 10.8 Å². The Balaban J connectivity index is 1.88. The Morgan fingerprint density at radius 2 is 1.83 bits per heavy atom. The number of aldehydes is 1. The van der Waals surface area contributed by atoms with Gasteiger partial charge in [0.15, 0.2) is 5.58 Å². The van der Waals surface area contributed by atoms with Crippen molar-refractivity contribution in [1.29, 1.82) is 0 Å². The molecule has 1 aromatic heterocycles. The van der Waals surface area contributed by atoms with Crippen molar-refractivity contribution in [3.63, 3.8) is 0 Å². The van der Waals surface area contributed by atoms with E-state index in [1.165, 1.54) is 11.8 Å². The molecule has 3 nitrogen and oxygen atoms in total. The minimum atomic E-state index is 0.607. The van der Waals surface area contributed by atoms with Crippen molar-refractivity contribution >= 4 is 29.1 Å². The maximum Gasteiger partial charge on any atom is 0.261 e. The third-order valence-electron chi connectivity index (χ3n) is 2.50. The summed E-state index contributed by atoms with van der Waals surface area (Å²) in [6, 6.07) is 15.0. The number of nitrogens with zero attached hydrogens (tertiary/aromatic N) is 1. The number of fused-ring (bicyclic) bond motifs is 1. The van der Waals surface area contributed by atoms with Gasteiger partial charge in [-0.2, -0.15) is 0 Å². The first-order chi connectivity index (χ1) is 8.85. The van der Waals surface area contributed by atoms with Crippen molar-refractivity contribution in [2.24, 2.45) is 0 Å². The van der Waals surface area contributed by atoms with Crippen LogP contribution in [0.2, 0.25) is 0 Å². The second-order valence-corrected chi connectivity index (χ2v) is 4.76. The van der Waals surface area contributed by atoms with E-state index in [9.17, 15) is 4.79 Å². The van der Waals surface area contributed by atoms with Gasteiger partial charge < -0.3 is 4.42 Å². The van der Waals surface area contributed by atoms with Gasteiger partial charge in [-0.1, -0.05) is 24.3 Å². The van der Waals surface area contributed by atoms with Gasteiger partial charge in [0.1, 0.15) is 11.8 Å². The number of oxazole rings is 1. The van der Waals surface area contributed by atoms with Gasteiger partial charge in [0.05, 0.1) is 0 Å². The Bertz CT molecular complexity index is 655. The zero-order valence-corrected chi connectivity index (χ0v) is 10.2. The summed E-state index contributed by atoms with van der Waals surface area (Å²) in [7, 11) is 0. The van der Waals surface area contributed by atoms with Crippen LogP contribution < -0.4 is 0 Å². The molecule has 18 heavy (non-hydrogen) atoms. The molecular weight excluding hydrogens is 246 g/mol. The predicted molar refractivity (Wildman–Crippen MR) is 70.0 cm³/mol. The SMILES string of the molecule is O=Cc1ccc(Sc2nc3ccccc3o2)cc1. The summed E-state index contributed by atoms with van der Waals surface area (Å²) in [5, 5.41) is 0.607. The molecule has 3 aromatic rings. The summed E-state index contributed by atoms with van der Waals surface area (Å²) >= 11 is 1.44. The van der Waals surface area contributed by atoms with Crippen molar-refractivity contribution in [3.05, 3.63) is 54.1 Å². The molecule has 0 aliphatic heterocycles. The molecule has 88 valence electrons. The molecule has 0 atom stereocenters. The molecule has 4 heteroatoms. The number of rotatable bonds is 3. The lowest BCUT2D eigenvalue weighted by molar-refractivity contribution is 0.112. The molecule has 0 amide bonds. The topological polar surface area (TPSA) is 43.1 Å². The Morgan fingerprint density at radius 3 is 2.56 bits per heavy atom. The van der Waals surface area contributed by atoms with Gasteiger partial charge in [-0.3, -0.25) is 4.79 Å². The van der Waals surface area contributed by atoms with Gasteiger partial charge in [-0.05, 0) is 36.0 Å². The Kier molecular flexibility index (Phi) is 2.86. The Morgan fingerprint density at radius 1 is 1.06 bits per heavy atom. The molecule has 0 unspecified atom stereocenters. The van der Waals surface area contributed by atoms with Crippen LogP contribution in [-0.4, -0.2) is 11.3 Å². The molecule has 0 N–H and O–H groups in total.